The van der Waals surface area contributed by atoms with Crippen molar-refractivity contribution in [1.82, 2.24) is 4.90 Å². The van der Waals surface area contributed by atoms with Crippen LogP contribution >= 0.6 is 11.3 Å². The number of nitrogens with two attached hydrogens (primary N) is 1. The summed E-state index contributed by atoms with van der Waals surface area (Å²) in [5.41, 5.74) is 11.3. The number of para-hydroxylation sites is 1. The van der Waals surface area contributed by atoms with Crippen LogP contribution in [0, 0.1) is 0 Å². The van der Waals surface area contributed by atoms with Gasteiger partial charge in [0, 0.05) is 17.8 Å². The lowest BCUT2D eigenvalue weighted by atomic mass is 9.96. The molecule has 0 aliphatic rings. The summed E-state index contributed by atoms with van der Waals surface area (Å²) >= 11 is 1.61. The molecule has 0 fully saturated rings. The first-order valence-electron chi connectivity index (χ1n) is 11.2. The summed E-state index contributed by atoms with van der Waals surface area (Å²) in [6.07, 6.45) is 0. The molecule has 0 saturated heterocycles. The van der Waals surface area contributed by atoms with Crippen molar-refractivity contribution in [3.8, 4) is 11.1 Å². The molecule has 0 aliphatic heterocycles. The minimum Gasteiger partial charge on any atom is -0.397 e. The normalized spacial score (nSPS) is 11.7. The van der Waals surface area contributed by atoms with Crippen LogP contribution in [-0.4, -0.2) is 37.4 Å². The third-order valence-electron chi connectivity index (χ3n) is 5.64. The van der Waals surface area contributed by atoms with Gasteiger partial charge in [0.15, 0.2) is 0 Å². The van der Waals surface area contributed by atoms with Gasteiger partial charge in [-0.3, -0.25) is 9.59 Å². The Morgan fingerprint density at radius 1 is 0.914 bits per heavy atom. The number of likely N-dealkylation sites (N-methyl/N-ethyl adjacent to an activating group) is 1. The summed E-state index contributed by atoms with van der Waals surface area (Å²) in [5, 5.41) is 9.96. The van der Waals surface area contributed by atoms with E-state index in [1.807, 2.05) is 90.4 Å². The molecule has 1 atom stereocenters. The van der Waals surface area contributed by atoms with E-state index in [0.29, 0.717) is 23.5 Å². The van der Waals surface area contributed by atoms with E-state index in [2.05, 4.69) is 10.6 Å². The highest BCUT2D eigenvalue weighted by Crippen LogP contribution is 2.29. The van der Waals surface area contributed by atoms with Crippen molar-refractivity contribution in [2.24, 2.45) is 0 Å². The molecular weight excluding hydrogens is 456 g/mol. The number of thiophene rings is 1. The topological polar surface area (TPSA) is 87.5 Å². The van der Waals surface area contributed by atoms with E-state index in [0.717, 1.165) is 22.4 Å². The van der Waals surface area contributed by atoms with Crippen LogP contribution in [0.15, 0.2) is 89.6 Å². The maximum Gasteiger partial charge on any atom is 0.255 e. The Morgan fingerprint density at radius 2 is 1.66 bits per heavy atom. The minimum absolute atomic E-state index is 0.0971. The largest absolute Gasteiger partial charge is 0.397 e. The van der Waals surface area contributed by atoms with Crippen LogP contribution in [-0.2, 0) is 4.79 Å². The van der Waals surface area contributed by atoms with E-state index in [4.69, 9.17) is 5.73 Å². The Bertz CT molecular complexity index is 1290. The molecule has 0 radical (unpaired) electrons. The lowest BCUT2D eigenvalue weighted by Gasteiger charge is -2.21. The molecule has 6 nitrogen and oxygen atoms in total. The van der Waals surface area contributed by atoms with E-state index in [1.165, 1.54) is 0 Å². The van der Waals surface area contributed by atoms with Crippen molar-refractivity contribution in [2.45, 2.75) is 5.92 Å². The Labute approximate surface area is 209 Å². The van der Waals surface area contributed by atoms with Crippen LogP contribution in [0.5, 0.6) is 0 Å². The van der Waals surface area contributed by atoms with Crippen molar-refractivity contribution >= 4 is 40.2 Å². The number of anilines is 3. The minimum atomic E-state index is -0.389. The van der Waals surface area contributed by atoms with Gasteiger partial charge in [0.05, 0.1) is 17.3 Å². The Kier molecular flexibility index (Phi) is 7.60. The Hall–Kier alpha value is -3.94. The first-order valence-corrected chi connectivity index (χ1v) is 12.2. The average molecular weight is 485 g/mol. The van der Waals surface area contributed by atoms with Gasteiger partial charge < -0.3 is 21.3 Å². The number of amides is 2. The van der Waals surface area contributed by atoms with Crippen LogP contribution in [0.25, 0.3) is 11.1 Å². The molecule has 3 aromatic carbocycles. The fourth-order valence-electron chi connectivity index (χ4n) is 3.79. The number of nitrogens with one attached hydrogen (secondary N) is 2. The maximum atomic E-state index is 13.0. The van der Waals surface area contributed by atoms with Gasteiger partial charge in [-0.15, -0.1) is 0 Å². The average Bonchev–Trinajstić information content (AvgIpc) is 3.39. The Balaban J connectivity index is 1.50. The highest BCUT2D eigenvalue weighted by molar-refractivity contribution is 7.08. The zero-order chi connectivity index (χ0) is 24.8. The monoisotopic (exact) mass is 484 g/mol. The van der Waals surface area contributed by atoms with E-state index >= 15 is 0 Å². The zero-order valence-electron chi connectivity index (χ0n) is 19.7. The fourth-order valence-corrected chi connectivity index (χ4v) is 4.45. The molecule has 0 spiro atoms. The number of nitrogens with zero attached hydrogens (tertiary/aromatic N) is 1. The van der Waals surface area contributed by atoms with Crippen molar-refractivity contribution in [1.29, 1.82) is 0 Å². The SMILES string of the molecule is CN(C)CC(C(=O)Nc1ccccc1)c1ccc(C(=O)Nc2cc(-c3ccsc3)ccc2N)cc1. The molecule has 4 rings (SSSR count). The van der Waals surface area contributed by atoms with Crippen LogP contribution in [0.3, 0.4) is 0 Å². The van der Waals surface area contributed by atoms with Gasteiger partial charge >= 0.3 is 0 Å². The van der Waals surface area contributed by atoms with Crippen LogP contribution in [0.1, 0.15) is 21.8 Å². The molecule has 4 aromatic rings. The number of nitrogen functional groups attached to an aromatic ring is 1. The van der Waals surface area contributed by atoms with Gasteiger partial charge in [-0.2, -0.15) is 11.3 Å². The predicted octanol–water partition coefficient (Wildman–Crippen LogP) is 5.53. The quantitative estimate of drug-likeness (QED) is 0.287. The van der Waals surface area contributed by atoms with Crippen LogP contribution in [0.4, 0.5) is 17.1 Å². The summed E-state index contributed by atoms with van der Waals surface area (Å²) in [5.74, 6) is -0.746. The summed E-state index contributed by atoms with van der Waals surface area (Å²) < 4.78 is 0. The molecule has 178 valence electrons. The maximum absolute atomic E-state index is 13.0. The van der Waals surface area contributed by atoms with Crippen molar-refractivity contribution < 1.29 is 9.59 Å². The highest BCUT2D eigenvalue weighted by Gasteiger charge is 2.22. The van der Waals surface area contributed by atoms with Crippen molar-refractivity contribution in [2.75, 3.05) is 37.0 Å². The molecule has 0 bridgehead atoms. The number of rotatable bonds is 8. The third-order valence-corrected chi connectivity index (χ3v) is 6.32. The van der Waals surface area contributed by atoms with Gasteiger partial charge in [0.1, 0.15) is 0 Å². The van der Waals surface area contributed by atoms with E-state index in [1.54, 1.807) is 29.5 Å². The number of hydrogen-bond acceptors (Lipinski definition) is 5. The van der Waals surface area contributed by atoms with Gasteiger partial charge in [0.2, 0.25) is 5.91 Å². The standard InChI is InChI=1S/C28H28N4O2S/c1-32(2)17-24(28(34)30-23-6-4-3-5-7-23)19-8-10-20(11-9-19)27(33)31-26-16-21(12-13-25(26)29)22-14-15-35-18-22/h3-16,18,24H,17,29H2,1-2H3,(H,30,34)(H,31,33). The summed E-state index contributed by atoms with van der Waals surface area (Å²) in [6, 6.07) is 24.2. The number of carbonyl (C=O) groups is 2. The zero-order valence-corrected chi connectivity index (χ0v) is 20.5. The summed E-state index contributed by atoms with van der Waals surface area (Å²) in [4.78, 5) is 28.0. The lowest BCUT2D eigenvalue weighted by molar-refractivity contribution is -0.117. The molecule has 0 aliphatic carbocycles. The molecule has 2 amide bonds. The van der Waals surface area contributed by atoms with Gasteiger partial charge in [-0.1, -0.05) is 36.4 Å². The molecule has 1 heterocycles. The smallest absolute Gasteiger partial charge is 0.255 e. The second-order valence-electron chi connectivity index (χ2n) is 8.56. The second kappa shape index (κ2) is 11.0. The number of benzene rings is 3. The van der Waals surface area contributed by atoms with Gasteiger partial charge in [0.25, 0.3) is 5.91 Å². The van der Waals surface area contributed by atoms with Crippen molar-refractivity contribution in [3.05, 3.63) is 101 Å². The van der Waals surface area contributed by atoms with E-state index in [9.17, 15) is 9.59 Å². The summed E-state index contributed by atoms with van der Waals surface area (Å²) in [6.45, 7) is 0.538. The van der Waals surface area contributed by atoms with E-state index in [-0.39, 0.29) is 17.7 Å². The van der Waals surface area contributed by atoms with Crippen LogP contribution in [0.2, 0.25) is 0 Å². The first kappa shape index (κ1) is 24.2. The molecule has 35 heavy (non-hydrogen) atoms. The fraction of sp³-hybridized carbons (Fsp3) is 0.143. The molecule has 4 N–H and O–H groups in total. The molecule has 0 saturated carbocycles. The number of hydrogen-bond donors (Lipinski definition) is 3. The molecule has 1 aromatic heterocycles. The molecular formula is C28H28N4O2S. The predicted molar refractivity (Wildman–Crippen MR) is 145 cm³/mol. The Morgan fingerprint density at radius 3 is 2.31 bits per heavy atom. The highest BCUT2D eigenvalue weighted by atomic mass is 32.1. The lowest BCUT2D eigenvalue weighted by Crippen LogP contribution is -2.30. The molecule has 7 heteroatoms. The first-order chi connectivity index (χ1) is 16.9. The van der Waals surface area contributed by atoms with Crippen LogP contribution < -0.4 is 16.4 Å². The van der Waals surface area contributed by atoms with Gasteiger partial charge in [-0.25, -0.2) is 0 Å². The second-order valence-corrected chi connectivity index (χ2v) is 9.34. The molecule has 1 unspecified atom stereocenters. The van der Waals surface area contributed by atoms with Gasteiger partial charge in [-0.05, 0) is 84.0 Å². The number of carbonyl (C=O) groups excluding carboxylic acids is 2. The van der Waals surface area contributed by atoms with Crippen molar-refractivity contribution in [3.63, 3.8) is 0 Å². The third kappa shape index (κ3) is 6.15. The summed E-state index contributed by atoms with van der Waals surface area (Å²) in [7, 11) is 3.86. The van der Waals surface area contributed by atoms with E-state index < -0.39 is 0 Å².